The van der Waals surface area contributed by atoms with Crippen LogP contribution in [0, 0.1) is 5.92 Å². The maximum Gasteiger partial charge on any atom is 0.407 e. The molecule has 0 saturated carbocycles. The zero-order valence-electron chi connectivity index (χ0n) is 21.3. The number of benzene rings is 3. The van der Waals surface area contributed by atoms with Gasteiger partial charge in [-0.25, -0.2) is 9.59 Å². The Kier molecular flexibility index (Phi) is 8.23. The van der Waals surface area contributed by atoms with E-state index in [2.05, 4.69) is 39.6 Å². The molecule has 2 N–H and O–H groups in total. The first-order valence-corrected chi connectivity index (χ1v) is 12.4. The number of Topliss-reactive ketones (excluding diaryl/α,β-unsaturated/α-hetero) is 1. The number of ketones is 1. The summed E-state index contributed by atoms with van der Waals surface area (Å²) < 4.78 is 10.2. The van der Waals surface area contributed by atoms with Crippen molar-refractivity contribution in [3.05, 3.63) is 95.1 Å². The van der Waals surface area contributed by atoms with Gasteiger partial charge in [0.1, 0.15) is 6.61 Å². The van der Waals surface area contributed by atoms with Gasteiger partial charge in [-0.3, -0.25) is 4.79 Å². The lowest BCUT2D eigenvalue weighted by molar-refractivity contribution is -0.123. The van der Waals surface area contributed by atoms with Gasteiger partial charge in [0.05, 0.1) is 13.2 Å². The molecule has 1 aliphatic carbocycles. The van der Waals surface area contributed by atoms with Crippen molar-refractivity contribution >= 4 is 18.0 Å². The topological polar surface area (TPSA) is 93.7 Å². The number of amides is 2. The van der Waals surface area contributed by atoms with Crippen LogP contribution in [0.25, 0.3) is 11.1 Å². The summed E-state index contributed by atoms with van der Waals surface area (Å²) in [6.45, 7) is 4.17. The zero-order chi connectivity index (χ0) is 26.4. The molecule has 192 valence electrons. The van der Waals surface area contributed by atoms with Crippen LogP contribution in [-0.2, 0) is 27.2 Å². The van der Waals surface area contributed by atoms with Gasteiger partial charge in [-0.2, -0.15) is 0 Å². The number of ether oxygens (including phenoxy) is 2. The van der Waals surface area contributed by atoms with Crippen molar-refractivity contribution in [3.8, 4) is 11.1 Å². The standard InChI is InChI=1S/C30H32N2O5/c1-19(2)28(33)27(32-30(35)36-3)16-20-12-14-21(15-13-20)17-31-29(34)37-18-26-24-10-6-4-8-22(24)23-9-5-7-11-25(23)26/h4-15,19,26-27H,16-18H2,1-3H3,(H,31,34)(H,32,35)/t27-/m0/s1. The van der Waals surface area contributed by atoms with E-state index in [1.165, 1.54) is 29.4 Å². The molecule has 0 aromatic heterocycles. The third kappa shape index (κ3) is 6.17. The van der Waals surface area contributed by atoms with E-state index in [1.54, 1.807) is 13.8 Å². The molecule has 0 saturated heterocycles. The predicted molar refractivity (Wildman–Crippen MR) is 141 cm³/mol. The maximum atomic E-state index is 12.5. The van der Waals surface area contributed by atoms with Crippen LogP contribution in [0.5, 0.6) is 0 Å². The third-order valence-electron chi connectivity index (χ3n) is 6.63. The summed E-state index contributed by atoms with van der Waals surface area (Å²) in [7, 11) is 1.27. The van der Waals surface area contributed by atoms with Gasteiger partial charge in [-0.1, -0.05) is 86.6 Å². The molecule has 1 aliphatic rings. The Hall–Kier alpha value is -4.13. The Balaban J connectivity index is 1.30. The molecule has 0 aliphatic heterocycles. The quantitative estimate of drug-likeness (QED) is 0.420. The number of rotatable bonds is 9. The first kappa shape index (κ1) is 25.9. The number of hydrogen-bond acceptors (Lipinski definition) is 5. The highest BCUT2D eigenvalue weighted by atomic mass is 16.5. The van der Waals surface area contributed by atoms with Gasteiger partial charge < -0.3 is 20.1 Å². The van der Waals surface area contributed by atoms with E-state index in [-0.39, 0.29) is 24.2 Å². The van der Waals surface area contributed by atoms with Crippen molar-refractivity contribution in [2.75, 3.05) is 13.7 Å². The van der Waals surface area contributed by atoms with Crippen molar-refractivity contribution in [2.45, 2.75) is 38.8 Å². The molecule has 7 nitrogen and oxygen atoms in total. The van der Waals surface area contributed by atoms with Crippen LogP contribution in [0.1, 0.15) is 42.0 Å². The van der Waals surface area contributed by atoms with Gasteiger partial charge in [0, 0.05) is 18.4 Å². The number of carbonyl (C=O) groups is 3. The summed E-state index contributed by atoms with van der Waals surface area (Å²) in [5.41, 5.74) is 6.49. The molecule has 3 aromatic carbocycles. The molecule has 0 fully saturated rings. The Morgan fingerprint density at radius 1 is 0.811 bits per heavy atom. The first-order valence-electron chi connectivity index (χ1n) is 12.4. The minimum Gasteiger partial charge on any atom is -0.453 e. The monoisotopic (exact) mass is 500 g/mol. The molecule has 1 atom stereocenters. The first-order chi connectivity index (χ1) is 17.9. The molecule has 2 amide bonds. The predicted octanol–water partition coefficient (Wildman–Crippen LogP) is 5.22. The number of nitrogens with one attached hydrogen (secondary N) is 2. The molecule has 4 rings (SSSR count). The lowest BCUT2D eigenvalue weighted by Crippen LogP contribution is -2.44. The summed E-state index contributed by atoms with van der Waals surface area (Å²) in [5.74, 6) is -0.272. The Labute approximate surface area is 217 Å². The van der Waals surface area contributed by atoms with E-state index in [0.29, 0.717) is 13.0 Å². The van der Waals surface area contributed by atoms with Gasteiger partial charge in [0.25, 0.3) is 0 Å². The minimum atomic E-state index is -0.669. The fourth-order valence-corrected chi connectivity index (χ4v) is 4.68. The summed E-state index contributed by atoms with van der Waals surface area (Å²) in [6.07, 6.45) is -0.759. The minimum absolute atomic E-state index is 0.0116. The second-order valence-corrected chi connectivity index (χ2v) is 9.45. The number of carbonyl (C=O) groups excluding carboxylic acids is 3. The lowest BCUT2D eigenvalue weighted by atomic mass is 9.95. The van der Waals surface area contributed by atoms with Crippen LogP contribution < -0.4 is 10.6 Å². The summed E-state index contributed by atoms with van der Waals surface area (Å²) in [4.78, 5) is 36.6. The SMILES string of the molecule is COC(=O)N[C@@H](Cc1ccc(CNC(=O)OCC2c3ccccc3-c3ccccc32)cc1)C(=O)C(C)C. The maximum absolute atomic E-state index is 12.5. The van der Waals surface area contributed by atoms with Crippen LogP contribution in [-0.4, -0.2) is 37.7 Å². The molecule has 0 unspecified atom stereocenters. The van der Waals surface area contributed by atoms with Crippen molar-refractivity contribution in [3.63, 3.8) is 0 Å². The number of methoxy groups -OCH3 is 1. The van der Waals surface area contributed by atoms with Crippen molar-refractivity contribution < 1.29 is 23.9 Å². The fraction of sp³-hybridized carbons (Fsp3) is 0.300. The Bertz CT molecular complexity index is 1220. The lowest BCUT2D eigenvalue weighted by Gasteiger charge is -2.19. The molecule has 0 radical (unpaired) electrons. The Morgan fingerprint density at radius 3 is 1.95 bits per heavy atom. The number of alkyl carbamates (subject to hydrolysis) is 2. The van der Waals surface area contributed by atoms with E-state index in [4.69, 9.17) is 4.74 Å². The van der Waals surface area contributed by atoms with Crippen LogP contribution in [0.2, 0.25) is 0 Å². The summed E-state index contributed by atoms with van der Waals surface area (Å²) >= 11 is 0. The second kappa shape index (κ2) is 11.7. The van der Waals surface area contributed by atoms with Crippen LogP contribution in [0.3, 0.4) is 0 Å². The van der Waals surface area contributed by atoms with Crippen molar-refractivity contribution in [2.24, 2.45) is 5.92 Å². The van der Waals surface area contributed by atoms with E-state index >= 15 is 0 Å². The number of fused-ring (bicyclic) bond motifs is 3. The fourth-order valence-electron chi connectivity index (χ4n) is 4.68. The molecule has 3 aromatic rings. The highest BCUT2D eigenvalue weighted by Crippen LogP contribution is 2.44. The average molecular weight is 501 g/mol. The highest BCUT2D eigenvalue weighted by molar-refractivity contribution is 5.89. The van der Waals surface area contributed by atoms with Gasteiger partial charge in [0.15, 0.2) is 5.78 Å². The van der Waals surface area contributed by atoms with Gasteiger partial charge in [-0.05, 0) is 39.8 Å². The molecule has 37 heavy (non-hydrogen) atoms. The van der Waals surface area contributed by atoms with Crippen LogP contribution >= 0.6 is 0 Å². The largest absolute Gasteiger partial charge is 0.453 e. The Morgan fingerprint density at radius 2 is 1.38 bits per heavy atom. The average Bonchev–Trinajstić information content (AvgIpc) is 3.24. The molecule has 0 spiro atoms. The van der Waals surface area contributed by atoms with E-state index in [0.717, 1.165) is 11.1 Å². The van der Waals surface area contributed by atoms with Crippen molar-refractivity contribution in [1.82, 2.24) is 10.6 Å². The molecular formula is C30H32N2O5. The van der Waals surface area contributed by atoms with Crippen molar-refractivity contribution in [1.29, 1.82) is 0 Å². The molecule has 0 bridgehead atoms. The molecule has 0 heterocycles. The van der Waals surface area contributed by atoms with E-state index < -0.39 is 18.2 Å². The second-order valence-electron chi connectivity index (χ2n) is 9.45. The number of hydrogen-bond donors (Lipinski definition) is 2. The van der Waals surface area contributed by atoms with E-state index in [9.17, 15) is 14.4 Å². The smallest absolute Gasteiger partial charge is 0.407 e. The highest BCUT2D eigenvalue weighted by Gasteiger charge is 2.29. The van der Waals surface area contributed by atoms with Gasteiger partial charge >= 0.3 is 12.2 Å². The summed E-state index contributed by atoms with van der Waals surface area (Å²) in [5, 5.41) is 5.43. The van der Waals surface area contributed by atoms with Crippen LogP contribution in [0.15, 0.2) is 72.8 Å². The zero-order valence-corrected chi connectivity index (χ0v) is 21.3. The normalized spacial score (nSPS) is 12.9. The van der Waals surface area contributed by atoms with Gasteiger partial charge in [0.2, 0.25) is 0 Å². The molecular weight excluding hydrogens is 468 g/mol. The van der Waals surface area contributed by atoms with Crippen LogP contribution in [0.4, 0.5) is 9.59 Å². The third-order valence-corrected chi connectivity index (χ3v) is 6.63. The van der Waals surface area contributed by atoms with E-state index in [1.807, 2.05) is 48.5 Å². The molecule has 7 heteroatoms. The van der Waals surface area contributed by atoms with Gasteiger partial charge in [-0.15, -0.1) is 0 Å². The summed E-state index contributed by atoms with van der Waals surface area (Å²) in [6, 6.07) is 23.3.